The molecule has 0 aromatic rings. The number of phosphoric acid groups is 1. The first-order chi connectivity index (χ1) is 20.1. The zero-order chi connectivity index (χ0) is 31.5. The van der Waals surface area contributed by atoms with E-state index in [0.29, 0.717) is 12.8 Å². The van der Waals surface area contributed by atoms with Gasteiger partial charge in [0, 0.05) is 12.8 Å². The van der Waals surface area contributed by atoms with Crippen molar-refractivity contribution in [3.8, 4) is 0 Å². The van der Waals surface area contributed by atoms with Crippen molar-refractivity contribution >= 4 is 25.7 Å². The van der Waals surface area contributed by atoms with Gasteiger partial charge in [-0.15, -0.1) is 0 Å². The minimum atomic E-state index is -4.74. The normalized spacial score (nSPS) is 15.0. The molecule has 0 fully saturated rings. The van der Waals surface area contributed by atoms with Gasteiger partial charge in [-0.3, -0.25) is 18.6 Å². The Morgan fingerprint density at radius 1 is 0.786 bits per heavy atom. The molecule has 0 spiro atoms. The quantitative estimate of drug-likeness (QED) is 0.0420. The molecule has 42 heavy (non-hydrogen) atoms. The van der Waals surface area contributed by atoms with E-state index in [-0.39, 0.29) is 12.8 Å². The molecule has 0 aliphatic carbocycles. The smallest absolute Gasteiger partial charge is 0.472 e. The van der Waals surface area contributed by atoms with Crippen molar-refractivity contribution in [1.82, 2.24) is 5.32 Å². The number of carboxylic acids is 1. The van der Waals surface area contributed by atoms with Crippen LogP contribution < -0.4 is 5.32 Å². The minimum absolute atomic E-state index is 0.0912. The number of aliphatic carboxylic acids is 1. The van der Waals surface area contributed by atoms with E-state index in [0.717, 1.165) is 51.4 Å². The number of esters is 1. The summed E-state index contributed by atoms with van der Waals surface area (Å²) in [5, 5.41) is 21.4. The van der Waals surface area contributed by atoms with Gasteiger partial charge >= 0.3 is 19.8 Å². The van der Waals surface area contributed by atoms with Crippen molar-refractivity contribution < 1.29 is 47.8 Å². The molecule has 0 heterocycles. The third kappa shape index (κ3) is 25.2. The van der Waals surface area contributed by atoms with Gasteiger partial charge in [0.2, 0.25) is 5.91 Å². The van der Waals surface area contributed by atoms with Crippen LogP contribution in [0.4, 0.5) is 0 Å². The van der Waals surface area contributed by atoms with Gasteiger partial charge in [-0.2, -0.15) is 0 Å². The van der Waals surface area contributed by atoms with Crippen LogP contribution in [0, 0.1) is 0 Å². The van der Waals surface area contributed by atoms with E-state index < -0.39 is 57.6 Å². The Kier molecular flexibility index (Phi) is 24.5. The fourth-order valence-corrected chi connectivity index (χ4v) is 4.07. The zero-order valence-corrected chi connectivity index (χ0v) is 25.9. The van der Waals surface area contributed by atoms with Crippen LogP contribution in [0.2, 0.25) is 0 Å². The van der Waals surface area contributed by atoms with E-state index in [1.165, 1.54) is 0 Å². The maximum Gasteiger partial charge on any atom is 0.472 e. The highest BCUT2D eigenvalue weighted by Crippen LogP contribution is 2.43. The number of carbonyl (C=O) groups is 3. The lowest BCUT2D eigenvalue weighted by Crippen LogP contribution is -2.43. The van der Waals surface area contributed by atoms with Crippen molar-refractivity contribution in [3.05, 3.63) is 48.6 Å². The molecule has 3 atom stereocenters. The number of carboxylic acid groups (broad SMARTS) is 1. The molecule has 0 saturated carbocycles. The Balaban J connectivity index is 4.16. The highest BCUT2D eigenvalue weighted by molar-refractivity contribution is 7.47. The molecule has 0 saturated heterocycles. The average Bonchev–Trinajstić information content (AvgIpc) is 2.95. The van der Waals surface area contributed by atoms with Gasteiger partial charge in [-0.25, -0.2) is 9.36 Å². The monoisotopic (exact) mass is 615 g/mol. The number of phosphoric ester groups is 1. The molecule has 0 aliphatic rings. The first kappa shape index (κ1) is 39.4. The van der Waals surface area contributed by atoms with Crippen molar-refractivity contribution in [2.24, 2.45) is 0 Å². The Labute approximate surface area is 250 Å². The second kappa shape index (κ2) is 26.1. The molecular formula is C30H50NO10P. The van der Waals surface area contributed by atoms with Crippen LogP contribution in [0.1, 0.15) is 90.9 Å². The largest absolute Gasteiger partial charge is 0.480 e. The summed E-state index contributed by atoms with van der Waals surface area (Å²) in [6.45, 7) is 2.17. The van der Waals surface area contributed by atoms with Crippen LogP contribution in [0.15, 0.2) is 48.6 Å². The lowest BCUT2D eigenvalue weighted by molar-refractivity contribution is -0.147. The highest BCUT2D eigenvalue weighted by atomic mass is 31.2. The summed E-state index contributed by atoms with van der Waals surface area (Å²) < 4.78 is 26.2. The maximum absolute atomic E-state index is 12.1. The number of hydrogen-bond donors (Lipinski definition) is 4. The van der Waals surface area contributed by atoms with E-state index >= 15 is 0 Å². The summed E-state index contributed by atoms with van der Waals surface area (Å²) in [6.07, 6.45) is 24.0. The van der Waals surface area contributed by atoms with Gasteiger partial charge in [-0.1, -0.05) is 75.3 Å². The summed E-state index contributed by atoms with van der Waals surface area (Å²) in [5.74, 6) is -2.47. The van der Waals surface area contributed by atoms with E-state index in [1.54, 1.807) is 0 Å². The molecule has 3 unspecified atom stereocenters. The molecule has 0 rings (SSSR count). The number of amides is 1. The fourth-order valence-electron chi connectivity index (χ4n) is 3.30. The summed E-state index contributed by atoms with van der Waals surface area (Å²) >= 11 is 0. The Morgan fingerprint density at radius 2 is 1.36 bits per heavy atom. The molecule has 1 amide bonds. The molecular weight excluding hydrogens is 565 g/mol. The summed E-state index contributed by atoms with van der Waals surface area (Å²) in [4.78, 5) is 44.9. The first-order valence-corrected chi connectivity index (χ1v) is 16.2. The molecule has 4 N–H and O–H groups in total. The molecule has 0 aromatic heterocycles. The SMILES string of the molecule is CC/C=C\C/C=C\C/C=C\C/C=C\CCCCC(=O)NC(COP(=O)(O)OCC(O)COC(=O)CCCCC)C(=O)O. The molecule has 0 radical (unpaired) electrons. The average molecular weight is 616 g/mol. The number of carbonyl (C=O) groups excluding carboxylic acids is 2. The van der Waals surface area contributed by atoms with Gasteiger partial charge in [0.15, 0.2) is 6.04 Å². The van der Waals surface area contributed by atoms with Crippen molar-refractivity contribution in [1.29, 1.82) is 0 Å². The van der Waals surface area contributed by atoms with Crippen LogP contribution in [-0.4, -0.2) is 64.9 Å². The van der Waals surface area contributed by atoms with Crippen LogP contribution in [0.5, 0.6) is 0 Å². The van der Waals surface area contributed by atoms with Gasteiger partial charge in [0.25, 0.3) is 0 Å². The van der Waals surface area contributed by atoms with Gasteiger partial charge in [-0.05, 0) is 51.4 Å². The Hall–Kier alpha value is -2.56. The highest BCUT2D eigenvalue weighted by Gasteiger charge is 2.28. The predicted molar refractivity (Wildman–Crippen MR) is 162 cm³/mol. The lowest BCUT2D eigenvalue weighted by atomic mass is 10.1. The minimum Gasteiger partial charge on any atom is -0.480 e. The number of ether oxygens (including phenoxy) is 1. The first-order valence-electron chi connectivity index (χ1n) is 14.7. The number of unbranched alkanes of at least 4 members (excludes halogenated alkanes) is 4. The van der Waals surface area contributed by atoms with E-state index in [4.69, 9.17) is 4.74 Å². The molecule has 12 heteroatoms. The van der Waals surface area contributed by atoms with Crippen LogP contribution >= 0.6 is 7.82 Å². The molecule has 0 bridgehead atoms. The topological polar surface area (TPSA) is 169 Å². The van der Waals surface area contributed by atoms with Gasteiger partial charge in [0.1, 0.15) is 12.7 Å². The van der Waals surface area contributed by atoms with E-state index in [9.17, 15) is 34.1 Å². The number of allylic oxidation sites excluding steroid dienone is 8. The third-order valence-corrected chi connectivity index (χ3v) is 6.58. The molecule has 11 nitrogen and oxygen atoms in total. The third-order valence-electron chi connectivity index (χ3n) is 5.63. The molecule has 0 aromatic carbocycles. The summed E-state index contributed by atoms with van der Waals surface area (Å²) in [6, 6.07) is -1.56. The standard InChI is InChI=1S/C30H50NO10P/c1-3-5-7-8-9-10-11-12-13-14-15-16-17-18-20-21-28(33)31-27(30(35)36)25-41-42(37,38)40-24-26(32)23-39-29(34)22-19-6-4-2/h5,7,9-10,12-13,15-16,26-27,32H,3-4,6,8,11,14,17-25H2,1-2H3,(H,31,33)(H,35,36)(H,37,38)/b7-5-,10-9-,13-12-,16-15-. The molecule has 240 valence electrons. The van der Waals surface area contributed by atoms with Crippen LogP contribution in [-0.2, 0) is 32.7 Å². The van der Waals surface area contributed by atoms with E-state index in [2.05, 4.69) is 63.8 Å². The van der Waals surface area contributed by atoms with Crippen molar-refractivity contribution in [2.75, 3.05) is 19.8 Å². The number of aliphatic hydroxyl groups is 1. The second-order valence-electron chi connectivity index (χ2n) is 9.56. The Bertz CT molecular complexity index is 916. The van der Waals surface area contributed by atoms with Crippen molar-refractivity contribution in [2.45, 2.75) is 103 Å². The van der Waals surface area contributed by atoms with Crippen LogP contribution in [0.3, 0.4) is 0 Å². The fraction of sp³-hybridized carbons (Fsp3) is 0.633. The number of aliphatic hydroxyl groups excluding tert-OH is 1. The second-order valence-corrected chi connectivity index (χ2v) is 11.0. The van der Waals surface area contributed by atoms with Gasteiger partial charge in [0.05, 0.1) is 13.2 Å². The number of nitrogens with one attached hydrogen (secondary N) is 1. The number of rotatable bonds is 26. The predicted octanol–water partition coefficient (Wildman–Crippen LogP) is 5.54. The lowest BCUT2D eigenvalue weighted by Gasteiger charge is -2.18. The number of hydrogen-bond acceptors (Lipinski definition) is 8. The molecule has 0 aliphatic heterocycles. The van der Waals surface area contributed by atoms with E-state index in [1.807, 2.05) is 13.0 Å². The summed E-state index contributed by atoms with van der Waals surface area (Å²) in [5.41, 5.74) is 0. The Morgan fingerprint density at radius 3 is 1.95 bits per heavy atom. The summed E-state index contributed by atoms with van der Waals surface area (Å²) in [7, 11) is -4.74. The zero-order valence-electron chi connectivity index (χ0n) is 25.0. The van der Waals surface area contributed by atoms with Crippen molar-refractivity contribution in [3.63, 3.8) is 0 Å². The van der Waals surface area contributed by atoms with Gasteiger partial charge < -0.3 is 25.2 Å². The van der Waals surface area contributed by atoms with Crippen LogP contribution in [0.25, 0.3) is 0 Å². The maximum atomic E-state index is 12.1.